The van der Waals surface area contributed by atoms with Crippen LogP contribution < -0.4 is 9.80 Å². The highest BCUT2D eigenvalue weighted by atomic mass is 16.3. The van der Waals surface area contributed by atoms with E-state index in [1.54, 1.807) is 0 Å². The van der Waals surface area contributed by atoms with Crippen LogP contribution in [0, 0.1) is 0 Å². The Morgan fingerprint density at radius 1 is 0.353 bits per heavy atom. The van der Waals surface area contributed by atoms with E-state index in [-0.39, 0.29) is 11.8 Å². The van der Waals surface area contributed by atoms with Gasteiger partial charge in [0.2, 0.25) is 0 Å². The first-order valence-corrected chi connectivity index (χ1v) is 24.8. The third kappa shape index (κ3) is 5.79. The lowest BCUT2D eigenvalue weighted by atomic mass is 9.84. The predicted octanol–water partition coefficient (Wildman–Crippen LogP) is 18.5. The van der Waals surface area contributed by atoms with E-state index in [1.165, 1.54) is 89.9 Å². The molecule has 0 atom stereocenters. The van der Waals surface area contributed by atoms with Crippen LogP contribution in [0.5, 0.6) is 0 Å². The first-order chi connectivity index (χ1) is 33.4. The molecule has 0 aliphatic heterocycles. The standard InChI is InChI=1S/C64H52N2O2/c1-37(2)53-35-57(65(43-27-25-39-13-9-15-41(39)33-43)55-21-11-19-49-45-17-5-7-23-59(45)67-63(49)55)51-32-30-48-54(38(3)4)36-58(52-31-29-47(53)61(51)62(48)52)66(44-28-26-40-14-10-16-42(40)34-44)56-22-12-20-50-46-18-6-8-24-60(46)68-64(50)56/h5-8,11-12,17-38H,9-10,13-16H2,1-4H3. The molecule has 0 unspecified atom stereocenters. The van der Waals surface area contributed by atoms with Crippen molar-refractivity contribution >= 4 is 110 Å². The molecule has 68 heavy (non-hydrogen) atoms. The molecule has 0 saturated heterocycles. The highest BCUT2D eigenvalue weighted by molar-refractivity contribution is 6.30. The lowest BCUT2D eigenvalue weighted by Crippen LogP contribution is -2.13. The molecule has 4 heteroatoms. The highest BCUT2D eigenvalue weighted by Gasteiger charge is 2.29. The molecule has 4 nitrogen and oxygen atoms in total. The molecule has 14 rings (SSSR count). The SMILES string of the molecule is CC(C)c1cc(N(c2ccc3c(c2)CCC3)c2cccc3c2oc2ccccc23)c2ccc3c(C(C)C)cc(N(c4ccc5c(c4)CCC5)c4cccc5c4oc4ccccc45)c4ccc1c2c34. The Hall–Kier alpha value is -7.56. The van der Waals surface area contributed by atoms with E-state index in [9.17, 15) is 0 Å². The maximum absolute atomic E-state index is 6.89. The Balaban J connectivity index is 1.10. The van der Waals surface area contributed by atoms with Crippen LogP contribution in [0.1, 0.15) is 85.8 Å². The summed E-state index contributed by atoms with van der Waals surface area (Å²) < 4.78 is 13.8. The van der Waals surface area contributed by atoms with Gasteiger partial charge in [-0.25, -0.2) is 0 Å². The van der Waals surface area contributed by atoms with Crippen LogP contribution in [-0.4, -0.2) is 0 Å². The summed E-state index contributed by atoms with van der Waals surface area (Å²) in [6, 6.07) is 59.3. The van der Waals surface area contributed by atoms with Crippen LogP contribution in [0.25, 0.3) is 76.2 Å². The fraction of sp³-hybridized carbons (Fsp3) is 0.188. The number of nitrogens with zero attached hydrogens (tertiary/aromatic N) is 2. The summed E-state index contributed by atoms with van der Waals surface area (Å²) in [4.78, 5) is 5.04. The smallest absolute Gasteiger partial charge is 0.159 e. The molecule has 2 aliphatic carbocycles. The van der Waals surface area contributed by atoms with Crippen molar-refractivity contribution < 1.29 is 8.83 Å². The first-order valence-electron chi connectivity index (χ1n) is 24.8. The highest BCUT2D eigenvalue weighted by Crippen LogP contribution is 2.53. The van der Waals surface area contributed by atoms with Crippen molar-refractivity contribution in [2.45, 2.75) is 78.1 Å². The number of anilines is 6. The van der Waals surface area contributed by atoms with Gasteiger partial charge in [-0.1, -0.05) is 125 Å². The van der Waals surface area contributed by atoms with E-state index in [2.05, 4.69) is 195 Å². The third-order valence-electron chi connectivity index (χ3n) is 15.6. The van der Waals surface area contributed by atoms with Gasteiger partial charge in [0.25, 0.3) is 0 Å². The predicted molar refractivity (Wildman–Crippen MR) is 286 cm³/mol. The van der Waals surface area contributed by atoms with Crippen LogP contribution in [0.15, 0.2) is 167 Å². The van der Waals surface area contributed by atoms with E-state index in [0.29, 0.717) is 0 Å². The fourth-order valence-corrected chi connectivity index (χ4v) is 12.4. The molecular formula is C64H52N2O2. The topological polar surface area (TPSA) is 32.8 Å². The largest absolute Gasteiger partial charge is 0.454 e. The number of rotatable bonds is 8. The van der Waals surface area contributed by atoms with Crippen LogP contribution in [0.4, 0.5) is 34.1 Å². The second-order valence-corrected chi connectivity index (χ2v) is 20.1. The Morgan fingerprint density at radius 3 is 1.22 bits per heavy atom. The zero-order valence-electron chi connectivity index (χ0n) is 39.1. The number of hydrogen-bond donors (Lipinski definition) is 0. The van der Waals surface area contributed by atoms with Gasteiger partial charge in [0, 0.05) is 43.7 Å². The number of fused-ring (bicyclic) bond motifs is 8. The van der Waals surface area contributed by atoms with Gasteiger partial charge in [-0.05, 0) is 166 Å². The van der Waals surface area contributed by atoms with E-state index in [0.717, 1.165) is 92.3 Å². The summed E-state index contributed by atoms with van der Waals surface area (Å²) in [5, 5.41) is 12.2. The summed E-state index contributed by atoms with van der Waals surface area (Å²) in [5.41, 5.74) is 18.9. The monoisotopic (exact) mass is 880 g/mol. The summed E-state index contributed by atoms with van der Waals surface area (Å²) >= 11 is 0. The van der Waals surface area contributed by atoms with Crippen molar-refractivity contribution in [2.75, 3.05) is 9.80 Å². The summed E-state index contributed by atoms with van der Waals surface area (Å²) in [6.45, 7) is 9.41. The van der Waals surface area contributed by atoms with Crippen molar-refractivity contribution in [3.05, 3.63) is 191 Å². The molecule has 0 amide bonds. The zero-order valence-corrected chi connectivity index (χ0v) is 39.1. The van der Waals surface area contributed by atoms with Gasteiger partial charge in [-0.2, -0.15) is 0 Å². The van der Waals surface area contributed by atoms with E-state index >= 15 is 0 Å². The Morgan fingerprint density at radius 2 is 0.765 bits per heavy atom. The van der Waals surface area contributed by atoms with Crippen molar-refractivity contribution in [1.82, 2.24) is 0 Å². The molecule has 330 valence electrons. The molecule has 0 fully saturated rings. The molecule has 0 spiro atoms. The van der Waals surface area contributed by atoms with Crippen molar-refractivity contribution in [3.63, 3.8) is 0 Å². The van der Waals surface area contributed by atoms with E-state index in [1.807, 2.05) is 0 Å². The quantitative estimate of drug-likeness (QED) is 0.142. The van der Waals surface area contributed by atoms with Crippen LogP contribution in [0.2, 0.25) is 0 Å². The average molecular weight is 881 g/mol. The minimum absolute atomic E-state index is 0.264. The molecule has 10 aromatic carbocycles. The lowest BCUT2D eigenvalue weighted by Gasteiger charge is -2.32. The Labute approximate surface area is 396 Å². The molecule has 2 heterocycles. The number of para-hydroxylation sites is 4. The summed E-state index contributed by atoms with van der Waals surface area (Å²) in [6.07, 6.45) is 6.87. The van der Waals surface area contributed by atoms with Gasteiger partial charge in [0.15, 0.2) is 11.2 Å². The van der Waals surface area contributed by atoms with Gasteiger partial charge in [-0.15, -0.1) is 0 Å². The maximum atomic E-state index is 6.89. The van der Waals surface area contributed by atoms with Crippen molar-refractivity contribution in [3.8, 4) is 0 Å². The minimum atomic E-state index is 0.264. The van der Waals surface area contributed by atoms with Crippen LogP contribution in [-0.2, 0) is 25.7 Å². The first kappa shape index (κ1) is 39.6. The second-order valence-electron chi connectivity index (χ2n) is 20.1. The van der Waals surface area contributed by atoms with Gasteiger partial charge < -0.3 is 18.6 Å². The Kier molecular flexibility index (Phi) is 8.72. The zero-order chi connectivity index (χ0) is 45.4. The van der Waals surface area contributed by atoms with E-state index < -0.39 is 0 Å². The number of hydrogen-bond acceptors (Lipinski definition) is 4. The molecule has 2 aliphatic rings. The Bertz CT molecular complexity index is 3750. The number of benzene rings is 10. The molecule has 0 saturated carbocycles. The van der Waals surface area contributed by atoms with Crippen LogP contribution >= 0.6 is 0 Å². The molecule has 2 aromatic heterocycles. The van der Waals surface area contributed by atoms with Crippen molar-refractivity contribution in [1.29, 1.82) is 0 Å². The van der Waals surface area contributed by atoms with Gasteiger partial charge in [0.05, 0.1) is 22.7 Å². The molecule has 0 radical (unpaired) electrons. The summed E-state index contributed by atoms with van der Waals surface area (Å²) in [7, 11) is 0. The molecule has 12 aromatic rings. The van der Waals surface area contributed by atoms with Gasteiger partial charge >= 0.3 is 0 Å². The summed E-state index contributed by atoms with van der Waals surface area (Å²) in [5.74, 6) is 0.527. The van der Waals surface area contributed by atoms with E-state index in [4.69, 9.17) is 8.83 Å². The van der Waals surface area contributed by atoms with Gasteiger partial charge in [-0.3, -0.25) is 0 Å². The second kappa shape index (κ2) is 15.0. The average Bonchev–Trinajstić information content (AvgIpc) is 4.19. The maximum Gasteiger partial charge on any atom is 0.159 e. The fourth-order valence-electron chi connectivity index (χ4n) is 12.4. The van der Waals surface area contributed by atoms with Gasteiger partial charge in [0.1, 0.15) is 11.2 Å². The lowest BCUT2D eigenvalue weighted by molar-refractivity contribution is 0.668. The number of aryl methyl sites for hydroxylation is 4. The van der Waals surface area contributed by atoms with Crippen LogP contribution in [0.3, 0.4) is 0 Å². The molecular weight excluding hydrogens is 829 g/mol. The third-order valence-corrected chi connectivity index (χ3v) is 15.6. The molecule has 0 N–H and O–H groups in total. The molecule has 0 bridgehead atoms. The minimum Gasteiger partial charge on any atom is -0.454 e. The number of furan rings is 2. The normalized spacial score (nSPS) is 13.8. The van der Waals surface area contributed by atoms with Crippen molar-refractivity contribution in [2.24, 2.45) is 0 Å².